The molecule has 2 aromatic heterocycles. The Morgan fingerprint density at radius 2 is 2.14 bits per heavy atom. The number of aryl methyl sites for hydroxylation is 2. The van der Waals surface area contributed by atoms with E-state index in [0.717, 1.165) is 41.6 Å². The summed E-state index contributed by atoms with van der Waals surface area (Å²) in [5.74, 6) is 2.32. The zero-order valence-electron chi connectivity index (χ0n) is 13.6. The minimum Gasteiger partial charge on any atom is -0.482 e. The molecule has 0 amide bonds. The quantitative estimate of drug-likeness (QED) is 0.852. The lowest BCUT2D eigenvalue weighted by Crippen LogP contribution is -2.18. The lowest BCUT2D eigenvalue weighted by molar-refractivity contribution is 0.267. The molecule has 0 aromatic carbocycles. The Bertz CT molecular complexity index is 584. The number of aromatic nitrogens is 2. The van der Waals surface area contributed by atoms with Crippen molar-refractivity contribution in [3.8, 4) is 5.75 Å². The van der Waals surface area contributed by atoms with Crippen LogP contribution in [0.4, 0.5) is 0 Å². The molecule has 5 heteroatoms. The third-order valence-corrected chi connectivity index (χ3v) is 3.39. The molecule has 0 radical (unpaired) electrons. The summed E-state index contributed by atoms with van der Waals surface area (Å²) in [4.78, 5) is 0. The number of ether oxygens (including phenoxy) is 1. The summed E-state index contributed by atoms with van der Waals surface area (Å²) in [5.41, 5.74) is 3.08. The smallest absolute Gasteiger partial charge is 0.163 e. The molecular weight excluding hydrogens is 266 g/mol. The van der Waals surface area contributed by atoms with Crippen molar-refractivity contribution in [2.24, 2.45) is 13.0 Å². The molecule has 0 aliphatic carbocycles. The Balaban J connectivity index is 1.88. The van der Waals surface area contributed by atoms with Crippen molar-refractivity contribution in [2.75, 3.05) is 6.54 Å². The first kappa shape index (κ1) is 15.6. The van der Waals surface area contributed by atoms with Crippen LogP contribution in [-0.4, -0.2) is 16.3 Å². The molecule has 0 saturated carbocycles. The van der Waals surface area contributed by atoms with Crippen molar-refractivity contribution in [1.82, 2.24) is 15.1 Å². The molecule has 1 N–H and O–H groups in total. The number of furan rings is 1. The largest absolute Gasteiger partial charge is 0.482 e. The molecule has 2 aromatic rings. The summed E-state index contributed by atoms with van der Waals surface area (Å²) in [6.45, 7) is 10.6. The lowest BCUT2D eigenvalue weighted by Gasteiger charge is -2.05. The molecule has 0 bridgehead atoms. The highest BCUT2D eigenvalue weighted by molar-refractivity contribution is 5.31. The van der Waals surface area contributed by atoms with Crippen molar-refractivity contribution in [1.29, 1.82) is 0 Å². The van der Waals surface area contributed by atoms with E-state index in [0.29, 0.717) is 12.5 Å². The number of hydrogen-bond acceptors (Lipinski definition) is 4. The molecule has 0 fully saturated rings. The summed E-state index contributed by atoms with van der Waals surface area (Å²) in [6.07, 6.45) is 1.79. The number of rotatable bonds is 7. The van der Waals surface area contributed by atoms with Crippen LogP contribution in [0.3, 0.4) is 0 Å². The third-order valence-electron chi connectivity index (χ3n) is 3.39. The summed E-state index contributed by atoms with van der Waals surface area (Å²) in [6, 6.07) is 2.04. The summed E-state index contributed by atoms with van der Waals surface area (Å²) >= 11 is 0. The van der Waals surface area contributed by atoms with Crippen molar-refractivity contribution in [2.45, 2.75) is 40.8 Å². The Labute approximate surface area is 126 Å². The molecule has 0 aliphatic heterocycles. The first-order valence-corrected chi connectivity index (χ1v) is 7.37. The van der Waals surface area contributed by atoms with Crippen LogP contribution in [0, 0.1) is 19.8 Å². The SMILES string of the molecule is Cc1nn(C)c(C)c1OCc1cc(CNCC(C)C)co1. The second-order valence-electron chi connectivity index (χ2n) is 5.86. The third kappa shape index (κ3) is 4.11. The van der Waals surface area contributed by atoms with E-state index < -0.39 is 0 Å². The van der Waals surface area contributed by atoms with Crippen LogP contribution in [0.1, 0.15) is 36.6 Å². The first-order valence-electron chi connectivity index (χ1n) is 7.37. The summed E-state index contributed by atoms with van der Waals surface area (Å²) < 4.78 is 13.2. The second kappa shape index (κ2) is 6.80. The molecule has 2 heterocycles. The van der Waals surface area contributed by atoms with Crippen LogP contribution in [-0.2, 0) is 20.2 Å². The van der Waals surface area contributed by atoms with Gasteiger partial charge in [-0.25, -0.2) is 0 Å². The van der Waals surface area contributed by atoms with E-state index in [-0.39, 0.29) is 0 Å². The van der Waals surface area contributed by atoms with Gasteiger partial charge in [0.25, 0.3) is 0 Å². The Morgan fingerprint density at radius 1 is 1.38 bits per heavy atom. The maximum Gasteiger partial charge on any atom is 0.163 e. The number of nitrogens with one attached hydrogen (secondary N) is 1. The number of nitrogens with zero attached hydrogens (tertiary/aromatic N) is 2. The van der Waals surface area contributed by atoms with Gasteiger partial charge in [0.15, 0.2) is 5.75 Å². The fourth-order valence-electron chi connectivity index (χ4n) is 2.21. The van der Waals surface area contributed by atoms with Crippen molar-refractivity contribution in [3.05, 3.63) is 35.0 Å². The minimum atomic E-state index is 0.428. The van der Waals surface area contributed by atoms with Gasteiger partial charge in [-0.15, -0.1) is 0 Å². The molecule has 5 nitrogen and oxygen atoms in total. The van der Waals surface area contributed by atoms with Gasteiger partial charge in [-0.3, -0.25) is 4.68 Å². The summed E-state index contributed by atoms with van der Waals surface area (Å²) in [5, 5.41) is 7.73. The lowest BCUT2D eigenvalue weighted by atomic mass is 10.2. The van der Waals surface area contributed by atoms with Gasteiger partial charge >= 0.3 is 0 Å². The van der Waals surface area contributed by atoms with Crippen LogP contribution in [0.25, 0.3) is 0 Å². The van der Waals surface area contributed by atoms with Crippen LogP contribution in [0.2, 0.25) is 0 Å². The molecule has 2 rings (SSSR count). The molecule has 21 heavy (non-hydrogen) atoms. The van der Waals surface area contributed by atoms with Crippen LogP contribution in [0.15, 0.2) is 16.7 Å². The highest BCUT2D eigenvalue weighted by Crippen LogP contribution is 2.22. The monoisotopic (exact) mass is 291 g/mol. The van der Waals surface area contributed by atoms with Gasteiger partial charge in [-0.1, -0.05) is 13.8 Å². The van der Waals surface area contributed by atoms with Crippen molar-refractivity contribution < 1.29 is 9.15 Å². The maximum absolute atomic E-state index is 5.83. The fraction of sp³-hybridized carbons (Fsp3) is 0.562. The van der Waals surface area contributed by atoms with E-state index in [1.165, 1.54) is 0 Å². The average Bonchev–Trinajstić information content (AvgIpc) is 2.94. The zero-order valence-corrected chi connectivity index (χ0v) is 13.6. The van der Waals surface area contributed by atoms with Gasteiger partial charge in [0.1, 0.15) is 18.1 Å². The maximum atomic E-state index is 5.83. The van der Waals surface area contributed by atoms with E-state index in [9.17, 15) is 0 Å². The molecular formula is C16H25N3O2. The normalized spacial score (nSPS) is 11.3. The molecule has 0 unspecified atom stereocenters. The predicted octanol–water partition coefficient (Wildman–Crippen LogP) is 2.95. The van der Waals surface area contributed by atoms with E-state index in [1.807, 2.05) is 31.6 Å². The Morgan fingerprint density at radius 3 is 2.76 bits per heavy atom. The highest BCUT2D eigenvalue weighted by Gasteiger charge is 2.11. The van der Waals surface area contributed by atoms with Crippen LogP contribution >= 0.6 is 0 Å². The zero-order chi connectivity index (χ0) is 15.4. The van der Waals surface area contributed by atoms with Gasteiger partial charge < -0.3 is 14.5 Å². The van der Waals surface area contributed by atoms with E-state index in [2.05, 4.69) is 24.3 Å². The average molecular weight is 291 g/mol. The number of hydrogen-bond donors (Lipinski definition) is 1. The van der Waals surface area contributed by atoms with Crippen molar-refractivity contribution in [3.63, 3.8) is 0 Å². The topological polar surface area (TPSA) is 52.2 Å². The van der Waals surface area contributed by atoms with Crippen LogP contribution in [0.5, 0.6) is 5.75 Å². The summed E-state index contributed by atoms with van der Waals surface area (Å²) in [7, 11) is 1.92. The molecule has 0 atom stereocenters. The minimum absolute atomic E-state index is 0.428. The van der Waals surface area contributed by atoms with E-state index in [4.69, 9.17) is 9.15 Å². The molecule has 0 aliphatic rings. The van der Waals surface area contributed by atoms with E-state index >= 15 is 0 Å². The second-order valence-corrected chi connectivity index (χ2v) is 5.86. The van der Waals surface area contributed by atoms with Gasteiger partial charge in [-0.2, -0.15) is 5.10 Å². The molecule has 0 saturated heterocycles. The highest BCUT2D eigenvalue weighted by atomic mass is 16.5. The Hall–Kier alpha value is -1.75. The van der Waals surface area contributed by atoms with Gasteiger partial charge in [0, 0.05) is 19.2 Å². The van der Waals surface area contributed by atoms with Gasteiger partial charge in [0.2, 0.25) is 0 Å². The van der Waals surface area contributed by atoms with Gasteiger partial charge in [0.05, 0.1) is 12.0 Å². The fourth-order valence-corrected chi connectivity index (χ4v) is 2.21. The standard InChI is InChI=1S/C16H25N3O2/c1-11(2)7-17-8-14-6-15(20-9-14)10-21-16-12(3)18-19(5)13(16)4/h6,9,11,17H,7-8,10H2,1-5H3. The van der Waals surface area contributed by atoms with Gasteiger partial charge in [-0.05, 0) is 32.4 Å². The molecule has 0 spiro atoms. The van der Waals surface area contributed by atoms with Crippen molar-refractivity contribution >= 4 is 0 Å². The Kier molecular flexibility index (Phi) is 5.07. The van der Waals surface area contributed by atoms with Crippen LogP contribution < -0.4 is 10.1 Å². The first-order chi connectivity index (χ1) is 9.97. The molecule has 116 valence electrons. The van der Waals surface area contributed by atoms with E-state index in [1.54, 1.807) is 6.26 Å². The predicted molar refractivity (Wildman–Crippen MR) is 82.3 cm³/mol.